The smallest absolute Gasteiger partial charge is 0.238 e. The lowest BCUT2D eigenvalue weighted by atomic mass is 10.3. The normalized spacial score (nSPS) is 14.0. The van der Waals surface area contributed by atoms with Crippen LogP contribution in [0, 0.1) is 0 Å². The number of nitrogens with one attached hydrogen (secondary N) is 1. The molecule has 0 aliphatic carbocycles. The molecule has 0 spiro atoms. The minimum atomic E-state index is -0.172. The number of morpholine rings is 1. The second-order valence-electron chi connectivity index (χ2n) is 6.65. The number of nitrogens with zero attached hydrogens (tertiary/aromatic N) is 2. The Morgan fingerprint density at radius 2 is 1.64 bits per heavy atom. The molecule has 1 aliphatic heterocycles. The molecule has 7 heteroatoms. The zero-order valence-corrected chi connectivity index (χ0v) is 16.0. The van der Waals surface area contributed by atoms with Gasteiger partial charge in [0.2, 0.25) is 11.8 Å². The molecule has 3 rings (SSSR count). The number of rotatable bonds is 7. The number of benzene rings is 2. The Morgan fingerprint density at radius 1 is 1.00 bits per heavy atom. The molecule has 0 atom stereocenters. The lowest BCUT2D eigenvalue weighted by Gasteiger charge is -2.28. The van der Waals surface area contributed by atoms with E-state index in [0.717, 1.165) is 5.75 Å². The van der Waals surface area contributed by atoms with Gasteiger partial charge in [-0.25, -0.2) is 0 Å². The summed E-state index contributed by atoms with van der Waals surface area (Å²) in [6.07, 6.45) is 0. The maximum Gasteiger partial charge on any atom is 0.238 e. The highest BCUT2D eigenvalue weighted by Crippen LogP contribution is 2.22. The van der Waals surface area contributed by atoms with Crippen LogP contribution in [0.2, 0.25) is 0 Å². The molecule has 0 bridgehead atoms. The zero-order chi connectivity index (χ0) is 19.8. The Morgan fingerprint density at radius 3 is 2.32 bits per heavy atom. The van der Waals surface area contributed by atoms with Gasteiger partial charge in [0, 0.05) is 18.8 Å². The molecule has 2 aromatic rings. The van der Waals surface area contributed by atoms with Crippen LogP contribution in [0.5, 0.6) is 11.5 Å². The van der Waals surface area contributed by atoms with E-state index in [4.69, 9.17) is 9.47 Å². The fourth-order valence-electron chi connectivity index (χ4n) is 2.88. The van der Waals surface area contributed by atoms with Gasteiger partial charge in [-0.2, -0.15) is 0 Å². The Balaban J connectivity index is 1.44. The lowest BCUT2D eigenvalue weighted by Crippen LogP contribution is -2.46. The van der Waals surface area contributed by atoms with E-state index in [0.29, 0.717) is 37.7 Å². The summed E-state index contributed by atoms with van der Waals surface area (Å²) in [5.41, 5.74) is 0.679. The summed E-state index contributed by atoms with van der Waals surface area (Å²) in [5, 5.41) is 2.84. The van der Waals surface area contributed by atoms with Gasteiger partial charge >= 0.3 is 0 Å². The minimum Gasteiger partial charge on any atom is -0.457 e. The van der Waals surface area contributed by atoms with Crippen molar-refractivity contribution < 1.29 is 19.1 Å². The van der Waals surface area contributed by atoms with Crippen molar-refractivity contribution in [3.05, 3.63) is 54.6 Å². The van der Waals surface area contributed by atoms with Crippen LogP contribution < -0.4 is 10.1 Å². The molecule has 0 aromatic heterocycles. The van der Waals surface area contributed by atoms with Crippen LogP contribution in [0.15, 0.2) is 54.6 Å². The van der Waals surface area contributed by atoms with Gasteiger partial charge < -0.3 is 19.7 Å². The monoisotopic (exact) mass is 383 g/mol. The van der Waals surface area contributed by atoms with Crippen LogP contribution in [0.4, 0.5) is 5.69 Å². The van der Waals surface area contributed by atoms with Crippen LogP contribution in [-0.4, -0.2) is 68.1 Å². The molecule has 1 fully saturated rings. The second-order valence-corrected chi connectivity index (χ2v) is 6.65. The van der Waals surface area contributed by atoms with E-state index in [-0.39, 0.29) is 24.9 Å². The number of ether oxygens (including phenoxy) is 2. The molecule has 1 saturated heterocycles. The maximum atomic E-state index is 12.2. The summed E-state index contributed by atoms with van der Waals surface area (Å²) in [6, 6.07) is 16.7. The van der Waals surface area contributed by atoms with Crippen molar-refractivity contribution in [3.8, 4) is 11.5 Å². The van der Waals surface area contributed by atoms with Gasteiger partial charge in [0.25, 0.3) is 0 Å². The highest BCUT2D eigenvalue weighted by Gasteiger charge is 2.19. The van der Waals surface area contributed by atoms with E-state index in [1.807, 2.05) is 30.3 Å². The van der Waals surface area contributed by atoms with E-state index in [1.165, 1.54) is 0 Å². The molecular weight excluding hydrogens is 358 g/mol. The van der Waals surface area contributed by atoms with E-state index >= 15 is 0 Å². The lowest BCUT2D eigenvalue weighted by molar-refractivity contribution is -0.136. The van der Waals surface area contributed by atoms with Gasteiger partial charge in [0.1, 0.15) is 11.5 Å². The third kappa shape index (κ3) is 6.07. The maximum absolute atomic E-state index is 12.2. The zero-order valence-electron chi connectivity index (χ0n) is 16.0. The van der Waals surface area contributed by atoms with Crippen molar-refractivity contribution in [1.82, 2.24) is 9.80 Å². The second kappa shape index (κ2) is 9.87. The van der Waals surface area contributed by atoms with Crippen LogP contribution in [0.1, 0.15) is 0 Å². The predicted octanol–water partition coefficient (Wildman–Crippen LogP) is 2.21. The molecule has 148 valence electrons. The molecule has 1 N–H and O–H groups in total. The van der Waals surface area contributed by atoms with E-state index in [2.05, 4.69) is 5.32 Å². The van der Waals surface area contributed by atoms with Crippen molar-refractivity contribution in [3.63, 3.8) is 0 Å². The van der Waals surface area contributed by atoms with E-state index in [1.54, 1.807) is 41.1 Å². The Hall–Kier alpha value is -2.90. The van der Waals surface area contributed by atoms with Crippen LogP contribution in [0.3, 0.4) is 0 Å². The highest BCUT2D eigenvalue weighted by molar-refractivity contribution is 5.92. The average molecular weight is 383 g/mol. The number of hydrogen-bond acceptors (Lipinski definition) is 5. The average Bonchev–Trinajstić information content (AvgIpc) is 2.70. The first-order valence-electron chi connectivity index (χ1n) is 9.27. The first-order valence-corrected chi connectivity index (χ1v) is 9.27. The van der Waals surface area contributed by atoms with Gasteiger partial charge in [0.05, 0.1) is 26.3 Å². The number of para-hydroxylation sites is 1. The number of anilines is 1. The summed E-state index contributed by atoms with van der Waals surface area (Å²) in [6.45, 7) is 2.70. The molecular formula is C21H25N3O4. The largest absolute Gasteiger partial charge is 0.457 e. The fraction of sp³-hybridized carbons (Fsp3) is 0.333. The number of hydrogen-bond donors (Lipinski definition) is 1. The van der Waals surface area contributed by atoms with Gasteiger partial charge in [-0.15, -0.1) is 0 Å². The van der Waals surface area contributed by atoms with Crippen LogP contribution in [0.25, 0.3) is 0 Å². The Bertz CT molecular complexity index is 774. The first-order chi connectivity index (χ1) is 13.6. The van der Waals surface area contributed by atoms with E-state index < -0.39 is 0 Å². The van der Waals surface area contributed by atoms with Crippen LogP contribution >= 0.6 is 0 Å². The molecule has 0 saturated carbocycles. The molecule has 1 aliphatic rings. The molecule has 0 unspecified atom stereocenters. The van der Waals surface area contributed by atoms with E-state index in [9.17, 15) is 9.59 Å². The number of carbonyl (C=O) groups is 2. The Labute approximate surface area is 164 Å². The highest BCUT2D eigenvalue weighted by atomic mass is 16.5. The van der Waals surface area contributed by atoms with Crippen molar-refractivity contribution >= 4 is 17.5 Å². The van der Waals surface area contributed by atoms with Gasteiger partial charge in [-0.05, 0) is 43.4 Å². The molecule has 0 radical (unpaired) electrons. The van der Waals surface area contributed by atoms with Crippen molar-refractivity contribution in [1.29, 1.82) is 0 Å². The summed E-state index contributed by atoms with van der Waals surface area (Å²) in [5.74, 6) is 1.29. The number of likely N-dealkylation sites (N-methyl/N-ethyl adjacent to an activating group) is 1. The third-order valence-corrected chi connectivity index (χ3v) is 4.30. The SMILES string of the molecule is CN(CC(=O)Nc1ccc(Oc2ccccc2)cc1)CC(=O)N1CCOCC1. The molecule has 7 nitrogen and oxygen atoms in total. The summed E-state index contributed by atoms with van der Waals surface area (Å²) >= 11 is 0. The van der Waals surface area contributed by atoms with Crippen molar-refractivity contribution in [2.24, 2.45) is 0 Å². The topological polar surface area (TPSA) is 71.1 Å². The Kier molecular flexibility index (Phi) is 7.00. The summed E-state index contributed by atoms with van der Waals surface area (Å²) in [7, 11) is 1.76. The van der Waals surface area contributed by atoms with Gasteiger partial charge in [-0.1, -0.05) is 18.2 Å². The third-order valence-electron chi connectivity index (χ3n) is 4.30. The minimum absolute atomic E-state index is 0.0148. The quantitative estimate of drug-likeness (QED) is 0.794. The number of carbonyl (C=O) groups excluding carboxylic acids is 2. The van der Waals surface area contributed by atoms with Gasteiger partial charge in [0.15, 0.2) is 0 Å². The molecule has 2 aromatic carbocycles. The van der Waals surface area contributed by atoms with Crippen LogP contribution in [-0.2, 0) is 14.3 Å². The van der Waals surface area contributed by atoms with Crippen molar-refractivity contribution in [2.45, 2.75) is 0 Å². The summed E-state index contributed by atoms with van der Waals surface area (Å²) in [4.78, 5) is 27.9. The predicted molar refractivity (Wildman–Crippen MR) is 106 cm³/mol. The first kappa shape index (κ1) is 19.9. The van der Waals surface area contributed by atoms with Gasteiger partial charge in [-0.3, -0.25) is 14.5 Å². The molecule has 2 amide bonds. The standard InChI is InChI=1S/C21H25N3O4/c1-23(16-21(26)24-11-13-27-14-12-24)15-20(25)22-17-7-9-19(10-8-17)28-18-5-3-2-4-6-18/h2-10H,11-16H2,1H3,(H,22,25). The van der Waals surface area contributed by atoms with Crippen molar-refractivity contribution in [2.75, 3.05) is 51.8 Å². The molecule has 1 heterocycles. The fourth-order valence-corrected chi connectivity index (χ4v) is 2.88. The summed E-state index contributed by atoms with van der Waals surface area (Å²) < 4.78 is 11.0. The number of amides is 2. The molecule has 28 heavy (non-hydrogen) atoms.